The number of hydrogen-bond donors (Lipinski definition) is 6. The van der Waals surface area contributed by atoms with Crippen LogP contribution in [0, 0.1) is 0 Å². The molecule has 8 N–H and O–H groups in total. The number of nitrogens with one attached hydrogen (secondary N) is 6. The Bertz CT molecular complexity index is 612. The summed E-state index contributed by atoms with van der Waals surface area (Å²) in [6.07, 6.45) is 4.78. The van der Waals surface area contributed by atoms with Crippen LogP contribution < -0.4 is 31.9 Å². The Labute approximate surface area is 358 Å². The van der Waals surface area contributed by atoms with Crippen molar-refractivity contribution in [2.24, 2.45) is 0 Å². The van der Waals surface area contributed by atoms with E-state index in [0.717, 1.165) is 118 Å². The van der Waals surface area contributed by atoms with E-state index in [4.69, 9.17) is 0 Å². The summed E-state index contributed by atoms with van der Waals surface area (Å²) in [4.78, 5) is 5.31. The molecule has 2 saturated heterocycles. The second-order valence-corrected chi connectivity index (χ2v) is 10.2. The minimum absolute atomic E-state index is 0. The molecule has 1 aromatic carbocycles. The number of benzene rings is 1. The Hall–Kier alpha value is 2.70. The van der Waals surface area contributed by atoms with Gasteiger partial charge in [-0.15, -0.1) is 136 Å². The van der Waals surface area contributed by atoms with Crippen LogP contribution in [0.5, 0.6) is 0 Å². The van der Waals surface area contributed by atoms with Gasteiger partial charge in [0, 0.05) is 65.4 Å². The fraction of sp³-hybridized carbons (Fsp3) is 0.786. The molecule has 17 heteroatoms. The van der Waals surface area contributed by atoms with Crippen LogP contribution >= 0.6 is 136 Å². The lowest BCUT2D eigenvalue weighted by Crippen LogP contribution is -2.37. The maximum atomic E-state index is 3.65. The van der Waals surface area contributed by atoms with Crippen molar-refractivity contribution in [1.29, 1.82) is 0 Å². The van der Waals surface area contributed by atoms with Crippen molar-refractivity contribution < 1.29 is 5.48 Å². The molecular formula is C28H64Br8N8O. The van der Waals surface area contributed by atoms with E-state index in [1.54, 1.807) is 0 Å². The van der Waals surface area contributed by atoms with Gasteiger partial charge in [0.2, 0.25) is 0 Å². The average molecular weight is 1170 g/mol. The summed E-state index contributed by atoms with van der Waals surface area (Å²) >= 11 is 0. The van der Waals surface area contributed by atoms with Crippen LogP contribution in [0.1, 0.15) is 36.8 Å². The van der Waals surface area contributed by atoms with E-state index in [2.05, 4.69) is 66.0 Å². The third-order valence-corrected chi connectivity index (χ3v) is 7.14. The molecule has 2 aliphatic heterocycles. The van der Waals surface area contributed by atoms with Gasteiger partial charge in [-0.3, -0.25) is 9.80 Å². The molecule has 9 nitrogen and oxygen atoms in total. The third-order valence-electron chi connectivity index (χ3n) is 7.14. The summed E-state index contributed by atoms with van der Waals surface area (Å²) in [6.45, 7) is 19.6. The molecule has 278 valence electrons. The molecule has 0 amide bonds. The monoisotopic (exact) mass is 1160 g/mol. The molecule has 0 unspecified atom stereocenters. The van der Waals surface area contributed by atoms with Gasteiger partial charge in [0.25, 0.3) is 0 Å². The quantitative estimate of drug-likeness (QED) is 0.267. The van der Waals surface area contributed by atoms with Gasteiger partial charge >= 0.3 is 0 Å². The normalized spacial score (nSPS) is 18.3. The molecule has 0 aliphatic carbocycles. The molecule has 0 saturated carbocycles. The lowest BCUT2D eigenvalue weighted by atomic mass is 10.1. The van der Waals surface area contributed by atoms with E-state index in [9.17, 15) is 0 Å². The highest BCUT2D eigenvalue weighted by molar-refractivity contribution is 8.93. The van der Waals surface area contributed by atoms with Gasteiger partial charge in [-0.1, -0.05) is 24.3 Å². The van der Waals surface area contributed by atoms with E-state index in [1.807, 2.05) is 0 Å². The van der Waals surface area contributed by atoms with Gasteiger partial charge in [0.15, 0.2) is 0 Å². The molecule has 2 heterocycles. The van der Waals surface area contributed by atoms with E-state index in [0.29, 0.717) is 0 Å². The molecule has 0 atom stereocenters. The summed E-state index contributed by atoms with van der Waals surface area (Å²) in [5.41, 5.74) is 2.99. The number of rotatable bonds is 4. The van der Waals surface area contributed by atoms with E-state index >= 15 is 0 Å². The largest absolute Gasteiger partial charge is 0.412 e. The predicted octanol–water partition coefficient (Wildman–Crippen LogP) is 4.21. The van der Waals surface area contributed by atoms with Crippen molar-refractivity contribution in [2.45, 2.75) is 38.8 Å². The first-order chi connectivity index (χ1) is 17.9. The zero-order valence-electron chi connectivity index (χ0n) is 26.5. The Balaban J connectivity index is -0.000000321. The molecule has 1 aromatic rings. The highest BCUT2D eigenvalue weighted by Crippen LogP contribution is 2.15. The molecule has 3 rings (SSSR count). The Morgan fingerprint density at radius 2 is 0.667 bits per heavy atom. The first-order valence-electron chi connectivity index (χ1n) is 14.7. The Morgan fingerprint density at radius 3 is 1.00 bits per heavy atom. The van der Waals surface area contributed by atoms with E-state index < -0.39 is 0 Å². The lowest BCUT2D eigenvalue weighted by molar-refractivity contribution is 0.247. The number of hydrogen-bond acceptors (Lipinski definition) is 8. The molecule has 0 spiro atoms. The topological polar surface area (TPSA) is 110 Å². The van der Waals surface area contributed by atoms with Gasteiger partial charge in [-0.2, -0.15) is 0 Å². The zero-order chi connectivity index (χ0) is 24.9. The summed E-state index contributed by atoms with van der Waals surface area (Å²) in [5.74, 6) is 0. The van der Waals surface area contributed by atoms with Crippen molar-refractivity contribution >= 4 is 136 Å². The van der Waals surface area contributed by atoms with Crippen LogP contribution in [0.3, 0.4) is 0 Å². The van der Waals surface area contributed by atoms with Crippen LogP contribution in [0.25, 0.3) is 0 Å². The molecule has 0 bridgehead atoms. The van der Waals surface area contributed by atoms with Gasteiger partial charge < -0.3 is 37.4 Å². The van der Waals surface area contributed by atoms with Crippen molar-refractivity contribution in [2.75, 3.05) is 105 Å². The summed E-state index contributed by atoms with van der Waals surface area (Å²) < 4.78 is 0. The summed E-state index contributed by atoms with van der Waals surface area (Å²) in [6, 6.07) is 9.15. The molecule has 45 heavy (non-hydrogen) atoms. The van der Waals surface area contributed by atoms with Crippen LogP contribution in [0.4, 0.5) is 0 Å². The predicted molar refractivity (Wildman–Crippen MR) is 239 cm³/mol. The fourth-order valence-corrected chi connectivity index (χ4v) is 5.00. The minimum atomic E-state index is 0. The Morgan fingerprint density at radius 1 is 0.378 bits per heavy atom. The van der Waals surface area contributed by atoms with Gasteiger partial charge in [-0.05, 0) is 89.2 Å². The van der Waals surface area contributed by atoms with Crippen molar-refractivity contribution in [3.05, 3.63) is 35.4 Å². The van der Waals surface area contributed by atoms with E-state index in [-0.39, 0.29) is 141 Å². The number of halogens is 8. The van der Waals surface area contributed by atoms with Gasteiger partial charge in [0.1, 0.15) is 0 Å². The SMILES string of the molecule is Br.Br.Br.Br.Br.Br.Br.Br.O.c1ccc(CN2CCCNCCNCCCNCC2)c(CN2CCCNCCNCCCNCC2)c1. The van der Waals surface area contributed by atoms with Crippen LogP contribution in [0.15, 0.2) is 24.3 Å². The van der Waals surface area contributed by atoms with Crippen LogP contribution in [-0.2, 0) is 13.1 Å². The second-order valence-electron chi connectivity index (χ2n) is 10.2. The molecule has 0 aromatic heterocycles. The maximum Gasteiger partial charge on any atom is 0.0237 e. The smallest absolute Gasteiger partial charge is 0.0237 e. The second kappa shape index (κ2) is 44.7. The lowest BCUT2D eigenvalue weighted by Gasteiger charge is -2.27. The standard InChI is InChI=1S/C28H54N8.8BrH.H2O/c1-2-8-28(26-36-22-6-14-32-18-16-30-10-4-12-34-20-24-36)27(7-1)25-35-21-5-13-31-17-15-29-9-3-11-33-19-23-35;;;;;;;;;/h1-2,7-8,29-34H,3-6,9-26H2;8*1H;1H2. The highest BCUT2D eigenvalue weighted by Gasteiger charge is 2.13. The Kier molecular flexibility index (Phi) is 62.4. The highest BCUT2D eigenvalue weighted by atomic mass is 79.9. The molecule has 0 radical (unpaired) electrons. The van der Waals surface area contributed by atoms with Gasteiger partial charge in [-0.25, -0.2) is 0 Å². The zero-order valence-corrected chi connectivity index (χ0v) is 40.2. The molecule has 2 fully saturated rings. The van der Waals surface area contributed by atoms with E-state index in [1.165, 1.54) is 36.8 Å². The van der Waals surface area contributed by atoms with Crippen molar-refractivity contribution in [3.8, 4) is 0 Å². The first kappa shape index (κ1) is 62.8. The van der Waals surface area contributed by atoms with Crippen LogP contribution in [0.2, 0.25) is 0 Å². The molecular weight excluding hydrogens is 1100 g/mol. The van der Waals surface area contributed by atoms with Crippen molar-refractivity contribution in [1.82, 2.24) is 41.7 Å². The van der Waals surface area contributed by atoms with Gasteiger partial charge in [0.05, 0.1) is 0 Å². The molecule has 2 aliphatic rings. The number of nitrogens with zero attached hydrogens (tertiary/aromatic N) is 2. The fourth-order valence-electron chi connectivity index (χ4n) is 5.00. The average Bonchev–Trinajstić information content (AvgIpc) is 2.89. The third kappa shape index (κ3) is 32.4. The van der Waals surface area contributed by atoms with Crippen LogP contribution in [-0.4, -0.2) is 120 Å². The van der Waals surface area contributed by atoms with Crippen molar-refractivity contribution in [3.63, 3.8) is 0 Å². The summed E-state index contributed by atoms with van der Waals surface area (Å²) in [5, 5.41) is 21.5. The maximum absolute atomic E-state index is 3.65. The summed E-state index contributed by atoms with van der Waals surface area (Å²) in [7, 11) is 0. The minimum Gasteiger partial charge on any atom is -0.412 e. The first-order valence-corrected chi connectivity index (χ1v) is 14.7.